The van der Waals surface area contributed by atoms with E-state index in [1.54, 1.807) is 7.05 Å². The van der Waals surface area contributed by atoms with Gasteiger partial charge in [-0.1, -0.05) is 12.1 Å². The largest absolute Gasteiger partial charge is 0.361 e. The highest BCUT2D eigenvalue weighted by molar-refractivity contribution is 5.86. The number of aromatic nitrogens is 1. The number of nitrogens with zero attached hydrogens (tertiary/aromatic N) is 1. The molecule has 2 aromatic rings. The number of aliphatic imine (C=N–C) groups is 1. The Kier molecular flexibility index (Phi) is 4.66. The van der Waals surface area contributed by atoms with Crippen molar-refractivity contribution in [2.24, 2.45) is 4.99 Å². The second-order valence-corrected chi connectivity index (χ2v) is 5.36. The predicted octanol–water partition coefficient (Wildman–Crippen LogP) is 2.59. The number of guanidine groups is 1. The lowest BCUT2D eigenvalue weighted by atomic mass is 10.1. The van der Waals surface area contributed by atoms with Crippen LogP contribution >= 0.6 is 0 Å². The summed E-state index contributed by atoms with van der Waals surface area (Å²) in [6.45, 7) is 7.24. The van der Waals surface area contributed by atoms with Crippen molar-refractivity contribution in [1.82, 2.24) is 15.6 Å². The van der Waals surface area contributed by atoms with Crippen molar-refractivity contribution in [1.29, 1.82) is 0 Å². The van der Waals surface area contributed by atoms with Gasteiger partial charge in [-0.25, -0.2) is 0 Å². The van der Waals surface area contributed by atoms with E-state index in [0.717, 1.165) is 18.9 Å². The summed E-state index contributed by atoms with van der Waals surface area (Å²) in [5, 5.41) is 7.99. The Morgan fingerprint density at radius 2 is 2.15 bits per heavy atom. The number of rotatable bonds is 4. The third-order valence-corrected chi connectivity index (χ3v) is 3.33. The summed E-state index contributed by atoms with van der Waals surface area (Å²) in [7, 11) is 1.80. The quantitative estimate of drug-likeness (QED) is 0.592. The third kappa shape index (κ3) is 3.32. The lowest BCUT2D eigenvalue weighted by Gasteiger charge is -2.14. The van der Waals surface area contributed by atoms with Crippen molar-refractivity contribution in [3.05, 3.63) is 35.5 Å². The van der Waals surface area contributed by atoms with Crippen LogP contribution in [0.5, 0.6) is 0 Å². The monoisotopic (exact) mass is 272 g/mol. The normalized spacial score (nSPS) is 12.2. The Bertz CT molecular complexity index is 596. The molecular weight excluding hydrogens is 248 g/mol. The lowest BCUT2D eigenvalue weighted by molar-refractivity contribution is 0.698. The first kappa shape index (κ1) is 14.4. The van der Waals surface area contributed by atoms with Gasteiger partial charge in [0.1, 0.15) is 0 Å². The average Bonchev–Trinajstić information content (AvgIpc) is 2.82. The van der Waals surface area contributed by atoms with Crippen LogP contribution in [0.4, 0.5) is 0 Å². The van der Waals surface area contributed by atoms with E-state index in [4.69, 9.17) is 0 Å². The van der Waals surface area contributed by atoms with E-state index in [2.05, 4.69) is 65.8 Å². The summed E-state index contributed by atoms with van der Waals surface area (Å²) >= 11 is 0. The van der Waals surface area contributed by atoms with Gasteiger partial charge in [0.15, 0.2) is 5.96 Å². The van der Waals surface area contributed by atoms with E-state index < -0.39 is 0 Å². The molecule has 1 aromatic carbocycles. The number of aromatic amines is 1. The fraction of sp³-hybridized carbons (Fsp3) is 0.438. The molecule has 0 aliphatic carbocycles. The SMILES string of the molecule is CN=C(NCCc1c[nH]c2cccc(C)c12)NC(C)C. The van der Waals surface area contributed by atoms with E-state index in [1.165, 1.54) is 22.0 Å². The maximum Gasteiger partial charge on any atom is 0.191 e. The third-order valence-electron chi connectivity index (χ3n) is 3.33. The van der Waals surface area contributed by atoms with Gasteiger partial charge in [0.25, 0.3) is 0 Å². The van der Waals surface area contributed by atoms with Gasteiger partial charge >= 0.3 is 0 Å². The summed E-state index contributed by atoms with van der Waals surface area (Å²) in [5.74, 6) is 0.858. The number of fused-ring (bicyclic) bond motifs is 1. The number of hydrogen-bond acceptors (Lipinski definition) is 1. The predicted molar refractivity (Wildman–Crippen MR) is 86.4 cm³/mol. The van der Waals surface area contributed by atoms with Crippen LogP contribution in [-0.2, 0) is 6.42 Å². The molecule has 0 aliphatic rings. The summed E-state index contributed by atoms with van der Waals surface area (Å²) in [6, 6.07) is 6.76. The number of aryl methyl sites for hydroxylation is 1. The molecule has 3 N–H and O–H groups in total. The molecule has 0 saturated heterocycles. The van der Waals surface area contributed by atoms with Crippen LogP contribution in [0.15, 0.2) is 29.4 Å². The number of benzene rings is 1. The van der Waals surface area contributed by atoms with Crippen molar-refractivity contribution < 1.29 is 0 Å². The van der Waals surface area contributed by atoms with Crippen molar-refractivity contribution in [3.63, 3.8) is 0 Å². The molecule has 4 nitrogen and oxygen atoms in total. The van der Waals surface area contributed by atoms with Crippen molar-refractivity contribution in [2.75, 3.05) is 13.6 Å². The molecule has 0 spiro atoms. The molecule has 20 heavy (non-hydrogen) atoms. The topological polar surface area (TPSA) is 52.2 Å². The molecule has 0 saturated carbocycles. The van der Waals surface area contributed by atoms with Crippen LogP contribution < -0.4 is 10.6 Å². The molecule has 0 unspecified atom stereocenters. The number of nitrogens with one attached hydrogen (secondary N) is 3. The van der Waals surface area contributed by atoms with E-state index in [-0.39, 0.29) is 0 Å². The van der Waals surface area contributed by atoms with Crippen LogP contribution in [0.2, 0.25) is 0 Å². The standard InChI is InChI=1S/C16H24N4/c1-11(2)20-16(17-4)18-9-8-13-10-19-14-7-5-6-12(3)15(13)14/h5-7,10-11,19H,8-9H2,1-4H3,(H2,17,18,20). The van der Waals surface area contributed by atoms with Gasteiger partial charge < -0.3 is 15.6 Å². The smallest absolute Gasteiger partial charge is 0.191 e. The minimum absolute atomic E-state index is 0.386. The van der Waals surface area contributed by atoms with Gasteiger partial charge in [0.05, 0.1) is 0 Å². The zero-order valence-corrected chi connectivity index (χ0v) is 12.7. The first-order chi connectivity index (χ1) is 9.61. The van der Waals surface area contributed by atoms with Crippen LogP contribution in [0.25, 0.3) is 10.9 Å². The lowest BCUT2D eigenvalue weighted by Crippen LogP contribution is -2.41. The molecule has 0 atom stereocenters. The molecular formula is C16H24N4. The number of hydrogen-bond donors (Lipinski definition) is 3. The Labute approximate surface area is 120 Å². The highest BCUT2D eigenvalue weighted by Crippen LogP contribution is 2.22. The molecule has 1 aromatic heterocycles. The Balaban J connectivity index is 2.00. The molecule has 108 valence electrons. The zero-order valence-electron chi connectivity index (χ0n) is 12.7. The molecule has 0 aliphatic heterocycles. The molecule has 2 rings (SSSR count). The number of H-pyrrole nitrogens is 1. The fourth-order valence-corrected chi connectivity index (χ4v) is 2.43. The maximum absolute atomic E-state index is 4.21. The van der Waals surface area contributed by atoms with E-state index in [9.17, 15) is 0 Å². The Morgan fingerprint density at radius 1 is 1.35 bits per heavy atom. The van der Waals surface area contributed by atoms with Gasteiger partial charge in [0.2, 0.25) is 0 Å². The summed E-state index contributed by atoms with van der Waals surface area (Å²) in [4.78, 5) is 7.55. The summed E-state index contributed by atoms with van der Waals surface area (Å²) in [5.41, 5.74) is 3.89. The van der Waals surface area contributed by atoms with Crippen molar-refractivity contribution in [2.45, 2.75) is 33.2 Å². The Hall–Kier alpha value is -1.97. The van der Waals surface area contributed by atoms with Crippen molar-refractivity contribution in [3.8, 4) is 0 Å². The molecule has 0 amide bonds. The van der Waals surface area contributed by atoms with Gasteiger partial charge in [-0.2, -0.15) is 0 Å². The molecule has 4 heteroatoms. The second kappa shape index (κ2) is 6.46. The first-order valence-electron chi connectivity index (χ1n) is 7.14. The second-order valence-electron chi connectivity index (χ2n) is 5.36. The zero-order chi connectivity index (χ0) is 14.5. The summed E-state index contributed by atoms with van der Waals surface area (Å²) < 4.78 is 0. The molecule has 1 heterocycles. The minimum atomic E-state index is 0.386. The van der Waals surface area contributed by atoms with Gasteiger partial charge in [-0.3, -0.25) is 4.99 Å². The van der Waals surface area contributed by atoms with Gasteiger partial charge in [0, 0.05) is 36.7 Å². The van der Waals surface area contributed by atoms with Crippen molar-refractivity contribution >= 4 is 16.9 Å². The Morgan fingerprint density at radius 3 is 2.85 bits per heavy atom. The molecule has 0 fully saturated rings. The molecule has 0 radical (unpaired) electrons. The minimum Gasteiger partial charge on any atom is -0.361 e. The summed E-state index contributed by atoms with van der Waals surface area (Å²) in [6.07, 6.45) is 3.08. The molecule has 0 bridgehead atoms. The van der Waals surface area contributed by atoms with Crippen LogP contribution in [0.1, 0.15) is 25.0 Å². The van der Waals surface area contributed by atoms with E-state index >= 15 is 0 Å². The van der Waals surface area contributed by atoms with E-state index in [0.29, 0.717) is 6.04 Å². The van der Waals surface area contributed by atoms with Crippen LogP contribution in [0, 0.1) is 6.92 Å². The van der Waals surface area contributed by atoms with Crippen LogP contribution in [0.3, 0.4) is 0 Å². The van der Waals surface area contributed by atoms with Crippen LogP contribution in [-0.4, -0.2) is 30.6 Å². The maximum atomic E-state index is 4.21. The van der Waals surface area contributed by atoms with E-state index in [1.807, 2.05) is 0 Å². The van der Waals surface area contributed by atoms with Gasteiger partial charge in [-0.15, -0.1) is 0 Å². The fourth-order valence-electron chi connectivity index (χ4n) is 2.43. The highest BCUT2D eigenvalue weighted by Gasteiger charge is 2.06. The van der Waals surface area contributed by atoms with Gasteiger partial charge in [-0.05, 0) is 44.4 Å². The highest BCUT2D eigenvalue weighted by atomic mass is 15.2. The average molecular weight is 272 g/mol. The first-order valence-corrected chi connectivity index (χ1v) is 7.14.